The average Bonchev–Trinajstić information content (AvgIpc) is 2.99. The number of rotatable bonds is 5. The van der Waals surface area contributed by atoms with Gasteiger partial charge < -0.3 is 9.88 Å². The first-order valence-corrected chi connectivity index (χ1v) is 9.64. The first-order valence-electron chi connectivity index (χ1n) is 9.64. The number of aromatic nitrogens is 1. The van der Waals surface area contributed by atoms with Gasteiger partial charge in [0.2, 0.25) is 0 Å². The summed E-state index contributed by atoms with van der Waals surface area (Å²) in [5, 5.41) is 3.09. The Morgan fingerprint density at radius 1 is 1.00 bits per heavy atom. The van der Waals surface area contributed by atoms with Gasteiger partial charge in [-0.05, 0) is 80.3 Å². The molecule has 2 aromatic carbocycles. The maximum atomic E-state index is 13.4. The highest BCUT2D eigenvalue weighted by Crippen LogP contribution is 2.30. The predicted octanol–water partition coefficient (Wildman–Crippen LogP) is 5.67. The van der Waals surface area contributed by atoms with Crippen LogP contribution in [-0.4, -0.2) is 16.5 Å². The quantitative estimate of drug-likeness (QED) is 0.609. The Morgan fingerprint density at radius 2 is 1.68 bits per heavy atom. The molecular weight excluding hydrogens is 351 g/mol. The van der Waals surface area contributed by atoms with Gasteiger partial charge in [0.1, 0.15) is 5.82 Å². The molecule has 1 amide bonds. The van der Waals surface area contributed by atoms with Crippen LogP contribution in [0.4, 0.5) is 4.39 Å². The van der Waals surface area contributed by atoms with Crippen LogP contribution in [0.15, 0.2) is 54.6 Å². The summed E-state index contributed by atoms with van der Waals surface area (Å²) in [5.74, 6) is -0.0222. The van der Waals surface area contributed by atoms with Gasteiger partial charge in [-0.15, -0.1) is 0 Å². The maximum Gasteiger partial charge on any atom is 0.253 e. The number of halogens is 1. The summed E-state index contributed by atoms with van der Waals surface area (Å²) in [7, 11) is 0. The number of carbonyl (C=O) groups excluding carboxylic acids is 1. The molecule has 1 N–H and O–H groups in total. The first kappa shape index (κ1) is 19.9. The molecular formula is C24H27FN2O. The fraction of sp³-hybridized carbons (Fsp3) is 0.292. The van der Waals surface area contributed by atoms with Gasteiger partial charge in [0.15, 0.2) is 0 Å². The number of hydrogen-bond acceptors (Lipinski definition) is 1. The second kappa shape index (κ2) is 8.01. The van der Waals surface area contributed by atoms with Gasteiger partial charge in [0, 0.05) is 17.4 Å². The summed E-state index contributed by atoms with van der Waals surface area (Å²) in [6, 6.07) is 16.5. The largest absolute Gasteiger partial charge is 0.349 e. The van der Waals surface area contributed by atoms with E-state index in [0.29, 0.717) is 11.5 Å². The molecule has 0 saturated heterocycles. The summed E-state index contributed by atoms with van der Waals surface area (Å²) in [5.41, 5.74) is 5.34. The van der Waals surface area contributed by atoms with Crippen molar-refractivity contribution in [3.63, 3.8) is 0 Å². The van der Waals surface area contributed by atoms with Crippen molar-refractivity contribution in [2.24, 2.45) is 5.92 Å². The Labute approximate surface area is 166 Å². The van der Waals surface area contributed by atoms with Gasteiger partial charge in [-0.2, -0.15) is 0 Å². The summed E-state index contributed by atoms with van der Waals surface area (Å²) < 4.78 is 15.5. The molecule has 0 spiro atoms. The molecule has 0 aliphatic heterocycles. The Balaban J connectivity index is 2.14. The average molecular weight is 378 g/mol. The molecule has 1 atom stereocenters. The number of amides is 1. The van der Waals surface area contributed by atoms with E-state index >= 15 is 0 Å². The third-order valence-corrected chi connectivity index (χ3v) is 5.25. The standard InChI is InChI=1S/C24H27FN2O/c1-15(2)17(4)26-24(28)22-14-23(19-9-11-20(25)12-10-19)27(18(22)5)21-8-6-7-16(3)13-21/h6-15,17H,1-5H3,(H,26,28). The molecule has 3 aromatic rings. The molecule has 0 aliphatic carbocycles. The zero-order valence-corrected chi connectivity index (χ0v) is 17.1. The van der Waals surface area contributed by atoms with E-state index in [4.69, 9.17) is 0 Å². The van der Waals surface area contributed by atoms with Crippen molar-refractivity contribution in [3.05, 3.63) is 77.2 Å². The van der Waals surface area contributed by atoms with Crippen molar-refractivity contribution in [1.82, 2.24) is 9.88 Å². The van der Waals surface area contributed by atoms with E-state index in [0.717, 1.165) is 28.2 Å². The van der Waals surface area contributed by atoms with Gasteiger partial charge in [0.25, 0.3) is 5.91 Å². The number of hydrogen-bond donors (Lipinski definition) is 1. The lowest BCUT2D eigenvalue weighted by molar-refractivity contribution is 0.0930. The van der Waals surface area contributed by atoms with E-state index in [2.05, 4.69) is 29.8 Å². The highest BCUT2D eigenvalue weighted by molar-refractivity contribution is 5.97. The summed E-state index contributed by atoms with van der Waals surface area (Å²) in [4.78, 5) is 12.9. The minimum Gasteiger partial charge on any atom is -0.349 e. The molecule has 3 rings (SSSR count). The van der Waals surface area contributed by atoms with Crippen LogP contribution in [0.1, 0.15) is 42.4 Å². The fourth-order valence-corrected chi connectivity index (χ4v) is 3.22. The maximum absolute atomic E-state index is 13.4. The summed E-state index contributed by atoms with van der Waals surface area (Å²) in [6.45, 7) is 10.2. The highest BCUT2D eigenvalue weighted by Gasteiger charge is 2.21. The lowest BCUT2D eigenvalue weighted by Gasteiger charge is -2.17. The van der Waals surface area contributed by atoms with Crippen molar-refractivity contribution in [2.45, 2.75) is 40.7 Å². The van der Waals surface area contributed by atoms with Crippen LogP contribution in [0, 0.1) is 25.6 Å². The van der Waals surface area contributed by atoms with Gasteiger partial charge in [0.05, 0.1) is 11.3 Å². The molecule has 3 nitrogen and oxygen atoms in total. The van der Waals surface area contributed by atoms with Gasteiger partial charge in [-0.3, -0.25) is 4.79 Å². The molecule has 1 unspecified atom stereocenters. The third kappa shape index (κ3) is 4.01. The van der Waals surface area contributed by atoms with Crippen molar-refractivity contribution >= 4 is 5.91 Å². The lowest BCUT2D eigenvalue weighted by atomic mass is 10.1. The molecule has 0 saturated carbocycles. The van der Waals surface area contributed by atoms with Gasteiger partial charge in [-0.25, -0.2) is 4.39 Å². The van der Waals surface area contributed by atoms with Crippen LogP contribution >= 0.6 is 0 Å². The SMILES string of the molecule is Cc1cccc(-n2c(-c3ccc(F)cc3)cc(C(=O)NC(C)C(C)C)c2C)c1. The monoisotopic (exact) mass is 378 g/mol. The molecule has 4 heteroatoms. The van der Waals surface area contributed by atoms with Gasteiger partial charge in [-0.1, -0.05) is 26.0 Å². The number of nitrogens with one attached hydrogen (secondary N) is 1. The molecule has 146 valence electrons. The van der Waals surface area contributed by atoms with Crippen LogP contribution in [0.2, 0.25) is 0 Å². The molecule has 1 aromatic heterocycles. The molecule has 0 aliphatic rings. The normalized spacial score (nSPS) is 12.2. The van der Waals surface area contributed by atoms with E-state index in [1.807, 2.05) is 45.0 Å². The van der Waals surface area contributed by atoms with Crippen LogP contribution in [-0.2, 0) is 0 Å². The van der Waals surface area contributed by atoms with Crippen molar-refractivity contribution in [3.8, 4) is 16.9 Å². The topological polar surface area (TPSA) is 34.0 Å². The minimum atomic E-state index is -0.280. The predicted molar refractivity (Wildman–Crippen MR) is 112 cm³/mol. The number of nitrogens with zero attached hydrogens (tertiary/aromatic N) is 1. The Kier molecular flexibility index (Phi) is 5.68. The van der Waals surface area contributed by atoms with Crippen molar-refractivity contribution in [1.29, 1.82) is 0 Å². The zero-order chi connectivity index (χ0) is 20.4. The van der Waals surface area contributed by atoms with E-state index < -0.39 is 0 Å². The minimum absolute atomic E-state index is 0.0727. The highest BCUT2D eigenvalue weighted by atomic mass is 19.1. The van der Waals surface area contributed by atoms with Crippen LogP contribution < -0.4 is 5.32 Å². The molecule has 28 heavy (non-hydrogen) atoms. The Hall–Kier alpha value is -2.88. The Bertz CT molecular complexity index is 986. The summed E-state index contributed by atoms with van der Waals surface area (Å²) >= 11 is 0. The van der Waals surface area contributed by atoms with Crippen LogP contribution in [0.25, 0.3) is 16.9 Å². The molecule has 0 fully saturated rings. The number of carbonyl (C=O) groups is 1. The molecule has 0 bridgehead atoms. The smallest absolute Gasteiger partial charge is 0.253 e. The lowest BCUT2D eigenvalue weighted by Crippen LogP contribution is -2.36. The summed E-state index contributed by atoms with van der Waals surface area (Å²) in [6.07, 6.45) is 0. The fourth-order valence-electron chi connectivity index (χ4n) is 3.22. The van der Waals surface area contributed by atoms with E-state index in [-0.39, 0.29) is 17.8 Å². The van der Waals surface area contributed by atoms with Crippen molar-refractivity contribution in [2.75, 3.05) is 0 Å². The number of aryl methyl sites for hydroxylation is 1. The second-order valence-corrected chi connectivity index (χ2v) is 7.72. The third-order valence-electron chi connectivity index (χ3n) is 5.25. The van der Waals surface area contributed by atoms with Crippen LogP contribution in [0.5, 0.6) is 0 Å². The molecule has 0 radical (unpaired) electrons. The first-order chi connectivity index (χ1) is 13.3. The second-order valence-electron chi connectivity index (χ2n) is 7.72. The van der Waals surface area contributed by atoms with E-state index in [9.17, 15) is 9.18 Å². The van der Waals surface area contributed by atoms with Crippen LogP contribution in [0.3, 0.4) is 0 Å². The molecule has 1 heterocycles. The zero-order valence-electron chi connectivity index (χ0n) is 17.1. The number of benzene rings is 2. The van der Waals surface area contributed by atoms with Gasteiger partial charge >= 0.3 is 0 Å². The van der Waals surface area contributed by atoms with E-state index in [1.165, 1.54) is 12.1 Å². The Morgan fingerprint density at radius 3 is 2.29 bits per heavy atom. The van der Waals surface area contributed by atoms with E-state index in [1.54, 1.807) is 12.1 Å². The van der Waals surface area contributed by atoms with Crippen molar-refractivity contribution < 1.29 is 9.18 Å².